The second-order valence-corrected chi connectivity index (χ2v) is 8.77. The molecule has 0 bridgehead atoms. The number of alkyl halides is 3. The lowest BCUT2D eigenvalue weighted by Crippen LogP contribution is -2.42. The number of hydrogen-bond acceptors (Lipinski definition) is 8. The lowest BCUT2D eigenvalue weighted by molar-refractivity contribution is -0.274. The predicted molar refractivity (Wildman–Crippen MR) is 159 cm³/mol. The van der Waals surface area contributed by atoms with E-state index in [2.05, 4.69) is 30.7 Å². The summed E-state index contributed by atoms with van der Waals surface area (Å²) in [5, 5.41) is 7.88. The lowest BCUT2D eigenvalue weighted by atomic mass is 10.1. The third-order valence-electron chi connectivity index (χ3n) is 6.11. The van der Waals surface area contributed by atoms with Gasteiger partial charge in [-0.15, -0.1) is 13.2 Å². The molecule has 1 fully saturated rings. The fraction of sp³-hybridized carbons (Fsp3) is 0.400. The van der Waals surface area contributed by atoms with Crippen LogP contribution in [0.2, 0.25) is 0 Å². The Bertz CT molecular complexity index is 1240. The molecule has 9 nitrogen and oxygen atoms in total. The number of ether oxygens (including phenoxy) is 2. The lowest BCUT2D eigenvalue weighted by Gasteiger charge is -2.26. The van der Waals surface area contributed by atoms with Crippen LogP contribution in [0.25, 0.3) is 5.70 Å². The van der Waals surface area contributed by atoms with Gasteiger partial charge in [-0.05, 0) is 48.6 Å². The summed E-state index contributed by atoms with van der Waals surface area (Å²) in [6.45, 7) is 12.5. The molecule has 5 rings (SSSR count). The van der Waals surface area contributed by atoms with Crippen LogP contribution in [0.1, 0.15) is 43.6 Å². The highest BCUT2D eigenvalue weighted by molar-refractivity contribution is 6.02. The fourth-order valence-electron chi connectivity index (χ4n) is 4.29. The average Bonchev–Trinajstić information content (AvgIpc) is 3.42. The molecule has 42 heavy (non-hydrogen) atoms. The molecule has 1 unspecified atom stereocenters. The van der Waals surface area contributed by atoms with E-state index in [1.165, 1.54) is 18.2 Å². The number of morpholine rings is 1. The Morgan fingerprint density at radius 2 is 1.81 bits per heavy atom. The van der Waals surface area contributed by atoms with E-state index >= 15 is 0 Å². The van der Waals surface area contributed by atoms with Gasteiger partial charge in [-0.3, -0.25) is 14.7 Å². The minimum atomic E-state index is -4.77. The molecule has 1 atom stereocenters. The van der Waals surface area contributed by atoms with E-state index in [-0.39, 0.29) is 11.7 Å². The van der Waals surface area contributed by atoms with Crippen LogP contribution in [0.15, 0.2) is 71.8 Å². The Morgan fingerprint density at radius 3 is 2.50 bits per heavy atom. The number of amides is 1. The van der Waals surface area contributed by atoms with Gasteiger partial charge in [-0.25, -0.2) is 4.99 Å². The third kappa shape index (κ3) is 9.33. The zero-order valence-corrected chi connectivity index (χ0v) is 24.4. The Kier molecular flexibility index (Phi) is 12.4. The van der Waals surface area contributed by atoms with Gasteiger partial charge < -0.3 is 20.1 Å². The van der Waals surface area contributed by atoms with Crippen LogP contribution in [0.4, 0.5) is 18.9 Å². The quantitative estimate of drug-likeness (QED) is 0.390. The first kappa shape index (κ1) is 32.6. The number of amidine groups is 1. The number of allylic oxidation sites excluding steroid dienone is 2. The zero-order valence-electron chi connectivity index (χ0n) is 24.4. The molecule has 0 saturated carbocycles. The maximum atomic E-state index is 12.7. The minimum absolute atomic E-state index is 0.141. The molecule has 3 aliphatic heterocycles. The van der Waals surface area contributed by atoms with Crippen molar-refractivity contribution in [2.45, 2.75) is 40.3 Å². The maximum absolute atomic E-state index is 12.7. The number of carbonyl (C=O) groups excluding carboxylic acids is 1. The molecular formula is C30H39F3N6O3. The van der Waals surface area contributed by atoms with Gasteiger partial charge in [0.2, 0.25) is 0 Å². The summed E-state index contributed by atoms with van der Waals surface area (Å²) < 4.78 is 47.4. The number of aliphatic imine (C=N–C) groups is 1. The number of nitrogens with zero attached hydrogens (tertiary/aromatic N) is 3. The van der Waals surface area contributed by atoms with Crippen molar-refractivity contribution in [3.63, 3.8) is 0 Å². The second kappa shape index (κ2) is 15.9. The van der Waals surface area contributed by atoms with E-state index in [1.54, 1.807) is 53.6 Å². The van der Waals surface area contributed by atoms with Gasteiger partial charge in [-0.2, -0.15) is 5.43 Å². The van der Waals surface area contributed by atoms with Crippen molar-refractivity contribution >= 4 is 23.1 Å². The molecule has 228 valence electrons. The van der Waals surface area contributed by atoms with Gasteiger partial charge >= 0.3 is 6.36 Å². The highest BCUT2D eigenvalue weighted by atomic mass is 19.4. The van der Waals surface area contributed by atoms with Gasteiger partial charge in [0.15, 0.2) is 6.29 Å². The first-order valence-electron chi connectivity index (χ1n) is 14.2. The van der Waals surface area contributed by atoms with Gasteiger partial charge in [0, 0.05) is 43.0 Å². The third-order valence-corrected chi connectivity index (χ3v) is 6.11. The summed E-state index contributed by atoms with van der Waals surface area (Å²) >= 11 is 0. The van der Waals surface area contributed by atoms with Crippen LogP contribution in [0.3, 0.4) is 0 Å². The van der Waals surface area contributed by atoms with Crippen LogP contribution in [0, 0.1) is 0 Å². The number of hydrazine groups is 1. The number of benzene rings is 2. The number of carbonyl (C=O) groups is 1. The fourth-order valence-corrected chi connectivity index (χ4v) is 4.29. The number of fused-ring (bicyclic) bond motifs is 1. The van der Waals surface area contributed by atoms with E-state index in [0.29, 0.717) is 29.2 Å². The number of hydrogen-bond donors (Lipinski definition) is 3. The van der Waals surface area contributed by atoms with Gasteiger partial charge in [0.05, 0.1) is 18.9 Å². The van der Waals surface area contributed by atoms with Gasteiger partial charge in [0.1, 0.15) is 11.6 Å². The molecule has 3 aliphatic rings. The van der Waals surface area contributed by atoms with Crippen molar-refractivity contribution in [2.75, 3.05) is 44.7 Å². The molecule has 0 aliphatic carbocycles. The van der Waals surface area contributed by atoms with Crippen LogP contribution in [0.5, 0.6) is 5.75 Å². The molecule has 3 heterocycles. The molecule has 0 spiro atoms. The Labute approximate surface area is 245 Å². The summed E-state index contributed by atoms with van der Waals surface area (Å²) in [5.74, 6) is 0.152. The Morgan fingerprint density at radius 1 is 1.10 bits per heavy atom. The van der Waals surface area contributed by atoms with Gasteiger partial charge in [-0.1, -0.05) is 45.9 Å². The predicted octanol–water partition coefficient (Wildman–Crippen LogP) is 5.22. The largest absolute Gasteiger partial charge is 0.573 e. The Balaban J connectivity index is 0.00000116. The average molecular weight is 589 g/mol. The summed E-state index contributed by atoms with van der Waals surface area (Å²) in [7, 11) is 0. The molecule has 0 aromatic heterocycles. The van der Waals surface area contributed by atoms with Crippen molar-refractivity contribution in [3.8, 4) is 5.75 Å². The highest BCUT2D eigenvalue weighted by Crippen LogP contribution is 2.30. The topological polar surface area (TPSA) is 90.5 Å². The number of nitrogens with one attached hydrogen (secondary N) is 3. The van der Waals surface area contributed by atoms with Crippen molar-refractivity contribution < 1.29 is 27.4 Å². The highest BCUT2D eigenvalue weighted by Gasteiger charge is 2.32. The molecule has 2 aromatic rings. The van der Waals surface area contributed by atoms with Crippen LogP contribution >= 0.6 is 0 Å². The van der Waals surface area contributed by atoms with Crippen molar-refractivity contribution in [1.29, 1.82) is 0 Å². The standard InChI is InChI=1S/C26H27F3N6O3.2C2H6/c27-26(28,29)38-21-4-1-3-19(17-21)22-5-2-6-23-32-25(33-35(22)23)31-20-9-7-18(8-10-20)24(36)30-11-12-34-13-15-37-16-14-34;2*1-2/h1-10,17,25,31,33H,11-16H2,(H,30,36);2*1-2H3. The maximum Gasteiger partial charge on any atom is 0.573 e. The SMILES string of the molecule is CC.CC.O=C(NCCN1CCOCC1)c1ccc(NC2N=C3C=CC=C(c4cccc(OC(F)(F)F)c4)N3N2)cc1. The summed E-state index contributed by atoms with van der Waals surface area (Å²) in [6.07, 6.45) is 0.0375. The van der Waals surface area contributed by atoms with E-state index in [1.807, 2.05) is 27.7 Å². The summed E-state index contributed by atoms with van der Waals surface area (Å²) in [4.78, 5) is 19.3. The zero-order chi connectivity index (χ0) is 30.5. The van der Waals surface area contributed by atoms with E-state index in [9.17, 15) is 18.0 Å². The number of halogens is 3. The molecular weight excluding hydrogens is 549 g/mol. The molecule has 3 N–H and O–H groups in total. The normalized spacial score (nSPS) is 17.9. The molecule has 2 aromatic carbocycles. The first-order valence-corrected chi connectivity index (χ1v) is 14.2. The Hall–Kier alpha value is -3.87. The molecule has 1 saturated heterocycles. The number of anilines is 1. The summed E-state index contributed by atoms with van der Waals surface area (Å²) in [5.41, 5.74) is 5.64. The monoisotopic (exact) mass is 588 g/mol. The smallest absolute Gasteiger partial charge is 0.406 e. The van der Waals surface area contributed by atoms with Crippen LogP contribution in [-0.4, -0.2) is 73.7 Å². The van der Waals surface area contributed by atoms with E-state index < -0.39 is 12.7 Å². The molecule has 1 amide bonds. The van der Waals surface area contributed by atoms with Crippen molar-refractivity contribution in [2.24, 2.45) is 4.99 Å². The van der Waals surface area contributed by atoms with Crippen LogP contribution < -0.4 is 20.8 Å². The van der Waals surface area contributed by atoms with Gasteiger partial charge in [0.25, 0.3) is 5.91 Å². The minimum Gasteiger partial charge on any atom is -0.406 e. The van der Waals surface area contributed by atoms with E-state index in [4.69, 9.17) is 4.74 Å². The van der Waals surface area contributed by atoms with Crippen molar-refractivity contribution in [1.82, 2.24) is 20.7 Å². The molecule has 0 radical (unpaired) electrons. The van der Waals surface area contributed by atoms with Crippen molar-refractivity contribution in [3.05, 3.63) is 77.9 Å². The first-order chi connectivity index (χ1) is 20.3. The van der Waals surface area contributed by atoms with E-state index in [0.717, 1.165) is 38.5 Å². The molecule has 12 heteroatoms. The van der Waals surface area contributed by atoms with Crippen LogP contribution in [-0.2, 0) is 4.74 Å². The number of rotatable bonds is 8. The summed E-state index contributed by atoms with van der Waals surface area (Å²) in [6, 6.07) is 12.8. The second-order valence-electron chi connectivity index (χ2n) is 8.77.